The molecular formula is C21H21BrN4O2S. The number of anilines is 1. The van der Waals surface area contributed by atoms with E-state index in [-0.39, 0.29) is 17.6 Å². The third kappa shape index (κ3) is 4.49. The van der Waals surface area contributed by atoms with Crippen LogP contribution in [0.5, 0.6) is 0 Å². The Bertz CT molecular complexity index is 921. The Morgan fingerprint density at radius 1 is 1.31 bits per heavy atom. The molecule has 1 spiro atoms. The second kappa shape index (κ2) is 9.02. The predicted molar refractivity (Wildman–Crippen MR) is 115 cm³/mol. The van der Waals surface area contributed by atoms with Crippen LogP contribution in [0.3, 0.4) is 0 Å². The molecule has 0 bridgehead atoms. The monoisotopic (exact) mass is 472 g/mol. The highest BCUT2D eigenvalue weighted by atomic mass is 79.9. The Kier molecular flexibility index (Phi) is 6.66. The number of halogens is 1. The molecule has 1 aliphatic carbocycles. The first-order valence-electron chi connectivity index (χ1n) is 9.43. The quantitative estimate of drug-likeness (QED) is 0.678. The molecule has 1 aliphatic heterocycles. The number of hydrogen-bond acceptors (Lipinski definition) is 5. The summed E-state index contributed by atoms with van der Waals surface area (Å²) in [6.07, 6.45) is 3.02. The van der Waals surface area contributed by atoms with Crippen molar-refractivity contribution in [1.82, 2.24) is 5.32 Å². The second-order valence-electron chi connectivity index (χ2n) is 7.55. The fourth-order valence-corrected chi connectivity index (χ4v) is 5.18. The number of nitrogens with zero attached hydrogens (tertiary/aromatic N) is 2. The highest BCUT2D eigenvalue weighted by Crippen LogP contribution is 2.53. The first-order chi connectivity index (χ1) is 13.9. The number of nitrogens with one attached hydrogen (secondary N) is 2. The van der Waals surface area contributed by atoms with Gasteiger partial charge in [0.1, 0.15) is 5.92 Å². The molecule has 3 rings (SSSR count). The summed E-state index contributed by atoms with van der Waals surface area (Å²) in [6, 6.07) is 11.6. The molecule has 29 heavy (non-hydrogen) atoms. The highest BCUT2D eigenvalue weighted by molar-refractivity contribution is 9.10. The summed E-state index contributed by atoms with van der Waals surface area (Å²) in [6.45, 7) is 2.15. The van der Waals surface area contributed by atoms with Crippen LogP contribution in [-0.4, -0.2) is 17.6 Å². The summed E-state index contributed by atoms with van der Waals surface area (Å²) in [5.41, 5.74) is 0.364. The number of nitriles is 2. The average Bonchev–Trinajstić information content (AvgIpc) is 2.70. The predicted octanol–water partition coefficient (Wildman–Crippen LogP) is 4.32. The lowest BCUT2D eigenvalue weighted by Crippen LogP contribution is -2.49. The molecule has 0 saturated heterocycles. The van der Waals surface area contributed by atoms with Gasteiger partial charge in [0.2, 0.25) is 11.8 Å². The molecule has 1 aromatic rings. The minimum absolute atomic E-state index is 0.0561. The summed E-state index contributed by atoms with van der Waals surface area (Å²) in [5, 5.41) is 25.4. The highest BCUT2D eigenvalue weighted by Gasteiger charge is 2.52. The van der Waals surface area contributed by atoms with Gasteiger partial charge in [-0.05, 0) is 55.9 Å². The van der Waals surface area contributed by atoms with E-state index in [1.807, 2.05) is 12.1 Å². The van der Waals surface area contributed by atoms with E-state index in [9.17, 15) is 20.1 Å². The minimum atomic E-state index is -0.870. The molecule has 150 valence electrons. The number of carbonyl (C=O) groups is 2. The molecule has 2 N–H and O–H groups in total. The third-order valence-corrected chi connectivity index (χ3v) is 7.19. The van der Waals surface area contributed by atoms with Gasteiger partial charge in [-0.25, -0.2) is 0 Å². The number of carbonyl (C=O) groups excluding carboxylic acids is 2. The van der Waals surface area contributed by atoms with Crippen LogP contribution in [0.1, 0.15) is 32.6 Å². The van der Waals surface area contributed by atoms with Gasteiger partial charge in [-0.1, -0.05) is 34.6 Å². The maximum absolute atomic E-state index is 12.6. The Balaban J connectivity index is 1.79. The lowest BCUT2D eigenvalue weighted by Gasteiger charge is -2.44. The zero-order valence-electron chi connectivity index (χ0n) is 16.0. The third-order valence-electron chi connectivity index (χ3n) is 5.66. The molecule has 1 heterocycles. The number of rotatable bonds is 4. The summed E-state index contributed by atoms with van der Waals surface area (Å²) in [7, 11) is 0. The SMILES string of the molecule is CC1CCC2(CC1)C(C#N)=C(SCC(=O)Nc1ccc(Br)cc1)NC(=O)C2C#N. The molecule has 1 aromatic carbocycles. The van der Waals surface area contributed by atoms with E-state index in [0.29, 0.717) is 35.0 Å². The van der Waals surface area contributed by atoms with Crippen LogP contribution < -0.4 is 10.6 Å². The molecule has 1 fully saturated rings. The molecule has 0 radical (unpaired) electrons. The summed E-state index contributed by atoms with van der Waals surface area (Å²) < 4.78 is 0.915. The lowest BCUT2D eigenvalue weighted by atomic mass is 9.59. The molecule has 2 amide bonds. The maximum atomic E-state index is 12.6. The Hall–Kier alpha value is -2.29. The van der Waals surface area contributed by atoms with Crippen LogP contribution in [0.4, 0.5) is 5.69 Å². The van der Waals surface area contributed by atoms with E-state index < -0.39 is 11.3 Å². The van der Waals surface area contributed by atoms with Gasteiger partial charge < -0.3 is 10.6 Å². The van der Waals surface area contributed by atoms with Crippen LogP contribution >= 0.6 is 27.7 Å². The van der Waals surface area contributed by atoms with Gasteiger partial charge >= 0.3 is 0 Å². The van der Waals surface area contributed by atoms with Gasteiger partial charge in [0.15, 0.2) is 0 Å². The Morgan fingerprint density at radius 2 is 1.97 bits per heavy atom. The second-order valence-corrected chi connectivity index (χ2v) is 9.45. The largest absolute Gasteiger partial charge is 0.325 e. The maximum Gasteiger partial charge on any atom is 0.243 e. The van der Waals surface area contributed by atoms with Crippen molar-refractivity contribution in [2.75, 3.05) is 11.1 Å². The Labute approximate surface area is 182 Å². The average molecular weight is 473 g/mol. The van der Waals surface area contributed by atoms with Gasteiger partial charge in [0, 0.05) is 15.6 Å². The van der Waals surface area contributed by atoms with Gasteiger partial charge in [-0.2, -0.15) is 10.5 Å². The van der Waals surface area contributed by atoms with Gasteiger partial charge in [0.25, 0.3) is 0 Å². The summed E-state index contributed by atoms with van der Waals surface area (Å²) in [5.74, 6) is -0.911. The van der Waals surface area contributed by atoms with Gasteiger partial charge in [0.05, 0.1) is 28.5 Å². The fourth-order valence-electron chi connectivity index (χ4n) is 4.00. The van der Waals surface area contributed by atoms with Crippen LogP contribution in [0.2, 0.25) is 0 Å². The van der Waals surface area contributed by atoms with Crippen molar-refractivity contribution in [3.8, 4) is 12.1 Å². The van der Waals surface area contributed by atoms with Gasteiger partial charge in [-0.15, -0.1) is 0 Å². The number of hydrogen-bond donors (Lipinski definition) is 2. The summed E-state index contributed by atoms with van der Waals surface area (Å²) >= 11 is 4.49. The van der Waals surface area contributed by atoms with Crippen molar-refractivity contribution in [3.05, 3.63) is 39.3 Å². The number of benzene rings is 1. The molecule has 1 unspecified atom stereocenters. The van der Waals surface area contributed by atoms with Crippen LogP contribution in [0.15, 0.2) is 39.3 Å². The van der Waals surface area contributed by atoms with E-state index >= 15 is 0 Å². The molecule has 1 saturated carbocycles. The molecular weight excluding hydrogens is 452 g/mol. The fraction of sp³-hybridized carbons (Fsp3) is 0.429. The molecule has 2 aliphatic rings. The van der Waals surface area contributed by atoms with Crippen molar-refractivity contribution >= 4 is 45.2 Å². The van der Waals surface area contributed by atoms with Crippen molar-refractivity contribution in [1.29, 1.82) is 10.5 Å². The minimum Gasteiger partial charge on any atom is -0.325 e. The van der Waals surface area contributed by atoms with Crippen molar-refractivity contribution in [2.45, 2.75) is 32.6 Å². The van der Waals surface area contributed by atoms with Crippen LogP contribution in [0.25, 0.3) is 0 Å². The topological polar surface area (TPSA) is 106 Å². The zero-order chi connectivity index (χ0) is 21.0. The standard InChI is InChI=1S/C21H21BrN4O2S/c1-13-6-8-21(9-7-13)16(10-23)19(28)26-20(17(21)11-24)29-12-18(27)25-15-4-2-14(22)3-5-15/h2-5,13,16H,6-9,12H2,1H3,(H,25,27)(H,26,28). The van der Waals surface area contributed by atoms with E-state index in [4.69, 9.17) is 0 Å². The van der Waals surface area contributed by atoms with E-state index in [0.717, 1.165) is 29.1 Å². The number of amides is 2. The van der Waals surface area contributed by atoms with Gasteiger partial charge in [-0.3, -0.25) is 9.59 Å². The van der Waals surface area contributed by atoms with Crippen LogP contribution in [0, 0.1) is 39.9 Å². The van der Waals surface area contributed by atoms with E-state index in [1.165, 1.54) is 0 Å². The molecule has 0 aromatic heterocycles. The lowest BCUT2D eigenvalue weighted by molar-refractivity contribution is -0.127. The molecule has 6 nitrogen and oxygen atoms in total. The van der Waals surface area contributed by atoms with Crippen molar-refractivity contribution in [2.24, 2.45) is 17.3 Å². The van der Waals surface area contributed by atoms with Crippen molar-refractivity contribution < 1.29 is 9.59 Å². The Morgan fingerprint density at radius 3 is 2.55 bits per heavy atom. The molecule has 1 atom stereocenters. The van der Waals surface area contributed by atoms with Crippen molar-refractivity contribution in [3.63, 3.8) is 0 Å². The number of allylic oxidation sites excluding steroid dienone is 1. The first kappa shape index (κ1) is 21.4. The van der Waals surface area contributed by atoms with E-state index in [2.05, 4.69) is 45.6 Å². The zero-order valence-corrected chi connectivity index (χ0v) is 18.4. The smallest absolute Gasteiger partial charge is 0.243 e. The first-order valence-corrected chi connectivity index (χ1v) is 11.2. The normalized spacial score (nSPS) is 26.4. The molecule has 8 heteroatoms. The van der Waals surface area contributed by atoms with Crippen LogP contribution in [-0.2, 0) is 9.59 Å². The summed E-state index contributed by atoms with van der Waals surface area (Å²) in [4.78, 5) is 25.0. The van der Waals surface area contributed by atoms with E-state index in [1.54, 1.807) is 12.1 Å². The number of thioether (sulfide) groups is 1.